The lowest BCUT2D eigenvalue weighted by molar-refractivity contribution is -0.141. The molecule has 0 radical (unpaired) electrons. The molecule has 1 saturated carbocycles. The average Bonchev–Trinajstić information content (AvgIpc) is 3.13. The third-order valence-electron chi connectivity index (χ3n) is 3.48. The maximum absolute atomic E-state index is 13.1. The number of benzene rings is 1. The van der Waals surface area contributed by atoms with Gasteiger partial charge in [-0.05, 0) is 51.9 Å². The van der Waals surface area contributed by atoms with E-state index in [0.29, 0.717) is 22.4 Å². The van der Waals surface area contributed by atoms with Crippen molar-refractivity contribution in [2.75, 3.05) is 12.9 Å². The van der Waals surface area contributed by atoms with Gasteiger partial charge in [-0.3, -0.25) is 9.00 Å². The van der Waals surface area contributed by atoms with Crippen LogP contribution < -0.4 is 0 Å². The molecule has 0 heterocycles. The van der Waals surface area contributed by atoms with Crippen LogP contribution in [0.5, 0.6) is 0 Å². The van der Waals surface area contributed by atoms with Crippen LogP contribution in [0.2, 0.25) is 0 Å². The molecule has 6 heteroatoms. The normalized spacial score (nSPS) is 17.6. The van der Waals surface area contributed by atoms with Gasteiger partial charge in [-0.15, -0.1) is 0 Å². The molecule has 2 rings (SSSR count). The average molecular weight is 363 g/mol. The van der Waals surface area contributed by atoms with Gasteiger partial charge in [0.05, 0.1) is 18.0 Å². The number of hydrogen-bond acceptors (Lipinski definition) is 3. The molecular weight excluding hydrogens is 347 g/mol. The number of rotatable bonds is 6. The van der Waals surface area contributed by atoms with Crippen LogP contribution in [0.3, 0.4) is 0 Å². The highest BCUT2D eigenvalue weighted by atomic mass is 79.9. The second-order valence-electron chi connectivity index (χ2n) is 5.23. The Morgan fingerprint density at radius 2 is 2.20 bits per heavy atom. The van der Waals surface area contributed by atoms with E-state index in [1.54, 1.807) is 12.1 Å². The molecule has 0 spiro atoms. The number of hydrogen-bond donors (Lipinski definition) is 0. The van der Waals surface area contributed by atoms with Gasteiger partial charge in [0.15, 0.2) is 0 Å². The van der Waals surface area contributed by atoms with Crippen molar-refractivity contribution < 1.29 is 18.1 Å². The molecule has 3 nitrogen and oxygen atoms in total. The molecule has 1 fully saturated rings. The van der Waals surface area contributed by atoms with Gasteiger partial charge in [-0.25, -0.2) is 4.39 Å². The number of carbonyl (C=O) groups excluding carboxylic acids is 1. The molecule has 0 saturated heterocycles. The lowest BCUT2D eigenvalue weighted by atomic mass is 10.1. The van der Waals surface area contributed by atoms with Gasteiger partial charge in [-0.2, -0.15) is 0 Å². The zero-order valence-electron chi connectivity index (χ0n) is 11.2. The smallest absolute Gasteiger partial charge is 0.306 e. The summed E-state index contributed by atoms with van der Waals surface area (Å²) in [5.41, 5.74) is 0.681. The summed E-state index contributed by atoms with van der Waals surface area (Å²) in [7, 11) is 0.304. The Morgan fingerprint density at radius 1 is 1.50 bits per heavy atom. The van der Waals surface area contributed by atoms with Gasteiger partial charge in [0, 0.05) is 22.3 Å². The van der Waals surface area contributed by atoms with E-state index in [1.807, 2.05) is 0 Å². The van der Waals surface area contributed by atoms with E-state index in [0.717, 1.165) is 18.4 Å². The summed E-state index contributed by atoms with van der Waals surface area (Å²) in [6, 6.07) is 4.64. The summed E-state index contributed by atoms with van der Waals surface area (Å²) in [5.74, 6) is 0.298. The van der Waals surface area contributed by atoms with Crippen molar-refractivity contribution in [3.05, 3.63) is 34.1 Å². The van der Waals surface area contributed by atoms with Gasteiger partial charge in [-0.1, -0.05) is 6.07 Å². The van der Waals surface area contributed by atoms with Crippen LogP contribution in [0.25, 0.3) is 0 Å². The summed E-state index contributed by atoms with van der Waals surface area (Å²) >= 11 is 3.12. The second kappa shape index (κ2) is 6.35. The van der Waals surface area contributed by atoms with E-state index in [2.05, 4.69) is 20.7 Å². The van der Waals surface area contributed by atoms with Crippen molar-refractivity contribution in [1.29, 1.82) is 0 Å². The Morgan fingerprint density at radius 3 is 2.75 bits per heavy atom. The van der Waals surface area contributed by atoms with Gasteiger partial charge in [0.1, 0.15) is 5.82 Å². The monoisotopic (exact) mass is 362 g/mol. The summed E-state index contributed by atoms with van der Waals surface area (Å²) in [4.78, 5) is 11.3. The fourth-order valence-corrected chi connectivity index (χ4v) is 4.29. The molecule has 0 aromatic heterocycles. The number of carbonyl (C=O) groups is 1. The molecule has 110 valence electrons. The first-order valence-corrected chi connectivity index (χ1v) is 8.58. The van der Waals surface area contributed by atoms with Gasteiger partial charge in [0.2, 0.25) is 0 Å². The van der Waals surface area contributed by atoms with Crippen molar-refractivity contribution in [2.45, 2.75) is 25.0 Å². The largest absolute Gasteiger partial charge is 0.469 e. The standard InChI is InChI=1S/C14H16BrFO3S/c1-19-13(17)7-14(4-5-14)9-20(18)8-10-2-3-12(16)11(15)6-10/h2-3,6H,4-5,7-9H2,1H3. The summed E-state index contributed by atoms with van der Waals surface area (Å²) in [6.45, 7) is 0. The maximum Gasteiger partial charge on any atom is 0.306 e. The Bertz CT molecular complexity index is 543. The fourth-order valence-electron chi connectivity index (χ4n) is 2.14. The van der Waals surface area contributed by atoms with E-state index in [1.165, 1.54) is 13.2 Å². The minimum Gasteiger partial charge on any atom is -0.469 e. The molecule has 1 unspecified atom stereocenters. The number of methoxy groups -OCH3 is 1. The minimum atomic E-state index is -1.06. The van der Waals surface area contributed by atoms with Crippen LogP contribution in [0.15, 0.2) is 22.7 Å². The first kappa shape index (κ1) is 15.6. The molecule has 0 N–H and O–H groups in total. The summed E-state index contributed by atoms with van der Waals surface area (Å²) < 4.78 is 30.4. The molecule has 1 aliphatic carbocycles. The molecule has 1 aromatic carbocycles. The molecule has 1 atom stereocenters. The molecule has 0 aliphatic heterocycles. The van der Waals surface area contributed by atoms with Crippen molar-refractivity contribution in [2.24, 2.45) is 5.41 Å². The highest BCUT2D eigenvalue weighted by Gasteiger charge is 2.45. The third kappa shape index (κ3) is 4.12. The minimum absolute atomic E-state index is 0.144. The molecule has 20 heavy (non-hydrogen) atoms. The molecule has 1 aromatic rings. The van der Waals surface area contributed by atoms with Gasteiger partial charge >= 0.3 is 5.97 Å². The lowest BCUT2D eigenvalue weighted by Gasteiger charge is -2.13. The van der Waals surface area contributed by atoms with E-state index in [9.17, 15) is 13.4 Å². The third-order valence-corrected chi connectivity index (χ3v) is 5.68. The van der Waals surface area contributed by atoms with Crippen LogP contribution in [0.4, 0.5) is 4.39 Å². The Balaban J connectivity index is 1.92. The van der Waals surface area contributed by atoms with Crippen LogP contribution in [-0.4, -0.2) is 23.0 Å². The number of ether oxygens (including phenoxy) is 1. The highest BCUT2D eigenvalue weighted by molar-refractivity contribution is 9.10. The predicted molar refractivity (Wildman–Crippen MR) is 79.1 cm³/mol. The van der Waals surface area contributed by atoms with E-state index >= 15 is 0 Å². The first-order valence-electron chi connectivity index (χ1n) is 6.30. The zero-order chi connectivity index (χ0) is 14.8. The fraction of sp³-hybridized carbons (Fsp3) is 0.500. The Hall–Kier alpha value is -0.750. The van der Waals surface area contributed by atoms with E-state index in [4.69, 9.17) is 0 Å². The maximum atomic E-state index is 13.1. The molecule has 0 bridgehead atoms. The van der Waals surface area contributed by atoms with Crippen molar-refractivity contribution in [3.63, 3.8) is 0 Å². The zero-order valence-corrected chi connectivity index (χ0v) is 13.6. The number of esters is 1. The Labute approximate surface area is 128 Å². The van der Waals surface area contributed by atoms with Crippen molar-refractivity contribution in [1.82, 2.24) is 0 Å². The predicted octanol–water partition coefficient (Wildman–Crippen LogP) is 3.18. The molecular formula is C14H16BrFO3S. The molecule has 1 aliphatic rings. The molecule has 0 amide bonds. The summed E-state index contributed by atoms with van der Waals surface area (Å²) in [6.07, 6.45) is 2.17. The topological polar surface area (TPSA) is 43.4 Å². The lowest BCUT2D eigenvalue weighted by Crippen LogP contribution is -2.18. The van der Waals surface area contributed by atoms with Crippen molar-refractivity contribution >= 4 is 32.7 Å². The second-order valence-corrected chi connectivity index (χ2v) is 7.54. The number of halogens is 2. The van der Waals surface area contributed by atoms with Gasteiger partial charge in [0.25, 0.3) is 0 Å². The van der Waals surface area contributed by atoms with E-state index in [-0.39, 0.29) is 17.2 Å². The van der Waals surface area contributed by atoms with Crippen molar-refractivity contribution in [3.8, 4) is 0 Å². The van der Waals surface area contributed by atoms with Crippen LogP contribution in [-0.2, 0) is 26.1 Å². The van der Waals surface area contributed by atoms with Gasteiger partial charge < -0.3 is 4.74 Å². The van der Waals surface area contributed by atoms with Crippen LogP contribution >= 0.6 is 15.9 Å². The van der Waals surface area contributed by atoms with E-state index < -0.39 is 10.8 Å². The SMILES string of the molecule is COC(=O)CC1(CS(=O)Cc2ccc(F)c(Br)c2)CC1. The Kier molecular flexibility index (Phi) is 4.96. The summed E-state index contributed by atoms with van der Waals surface area (Å²) in [5, 5.41) is 0. The quantitative estimate of drug-likeness (QED) is 0.730. The first-order chi connectivity index (χ1) is 9.44. The van der Waals surface area contributed by atoms with Crippen LogP contribution in [0, 0.1) is 11.2 Å². The highest BCUT2D eigenvalue weighted by Crippen LogP contribution is 2.49. The van der Waals surface area contributed by atoms with Crippen LogP contribution in [0.1, 0.15) is 24.8 Å².